The Hall–Kier alpha value is -0.0400. The maximum absolute atomic E-state index is 3.35. The SMILES string of the molecule is CCCCCCCCCNCC.[HH]. The summed E-state index contributed by atoms with van der Waals surface area (Å²) in [5.74, 6) is 0. The van der Waals surface area contributed by atoms with Crippen LogP contribution in [0.4, 0.5) is 0 Å². The smallest absolute Gasteiger partial charge is 0 e. The first-order valence-corrected chi connectivity index (χ1v) is 5.62. The van der Waals surface area contributed by atoms with E-state index < -0.39 is 0 Å². The molecule has 0 saturated heterocycles. The fourth-order valence-electron chi connectivity index (χ4n) is 1.38. The maximum atomic E-state index is 3.35. The van der Waals surface area contributed by atoms with E-state index in [0.717, 1.165) is 6.54 Å². The van der Waals surface area contributed by atoms with Gasteiger partial charge in [0.05, 0.1) is 0 Å². The van der Waals surface area contributed by atoms with E-state index in [2.05, 4.69) is 19.2 Å². The van der Waals surface area contributed by atoms with Gasteiger partial charge in [-0.15, -0.1) is 0 Å². The molecule has 0 aliphatic rings. The van der Waals surface area contributed by atoms with Crippen LogP contribution in [-0.2, 0) is 0 Å². The van der Waals surface area contributed by atoms with E-state index in [0.29, 0.717) is 0 Å². The molecule has 0 radical (unpaired) electrons. The molecule has 1 heteroatoms. The first kappa shape index (κ1) is 12.0. The van der Waals surface area contributed by atoms with Gasteiger partial charge in [-0.25, -0.2) is 0 Å². The standard InChI is InChI=1S/C11H25N.H2/c1-3-5-6-7-8-9-10-11-12-4-2;/h12H,3-11H2,1-2H3;1H. The largest absolute Gasteiger partial charge is 0.317 e. The predicted molar refractivity (Wildman–Crippen MR) is 58.7 cm³/mol. The Labute approximate surface area is 79.4 Å². The normalized spacial score (nSPS) is 10.5. The zero-order valence-corrected chi connectivity index (χ0v) is 8.86. The third-order valence-corrected chi connectivity index (χ3v) is 2.21. The highest BCUT2D eigenvalue weighted by molar-refractivity contribution is 4.47. The Morgan fingerprint density at radius 2 is 1.42 bits per heavy atom. The summed E-state index contributed by atoms with van der Waals surface area (Å²) in [5.41, 5.74) is 0. The van der Waals surface area contributed by atoms with Crippen LogP contribution < -0.4 is 5.32 Å². The van der Waals surface area contributed by atoms with Crippen molar-refractivity contribution in [3.05, 3.63) is 0 Å². The molecular weight excluding hydrogens is 146 g/mol. The summed E-state index contributed by atoms with van der Waals surface area (Å²) in [4.78, 5) is 0. The molecule has 0 fully saturated rings. The Bertz CT molecular complexity index is 66.5. The zero-order valence-electron chi connectivity index (χ0n) is 8.86. The monoisotopic (exact) mass is 173 g/mol. The van der Waals surface area contributed by atoms with Crippen molar-refractivity contribution in [1.29, 1.82) is 0 Å². The molecule has 0 unspecified atom stereocenters. The first-order chi connectivity index (χ1) is 5.91. The van der Waals surface area contributed by atoms with Crippen molar-refractivity contribution in [3.8, 4) is 0 Å². The van der Waals surface area contributed by atoms with Gasteiger partial charge in [0.2, 0.25) is 0 Å². The predicted octanol–water partition coefficient (Wildman–Crippen LogP) is 3.59. The van der Waals surface area contributed by atoms with Crippen LogP contribution in [0.2, 0.25) is 0 Å². The molecule has 0 aromatic heterocycles. The van der Waals surface area contributed by atoms with Crippen molar-refractivity contribution in [2.75, 3.05) is 13.1 Å². The minimum atomic E-state index is 0. The molecular formula is C11H27N. The lowest BCUT2D eigenvalue weighted by atomic mass is 10.1. The fraction of sp³-hybridized carbons (Fsp3) is 1.00. The second-order valence-electron chi connectivity index (χ2n) is 3.47. The van der Waals surface area contributed by atoms with Crippen LogP contribution in [0.15, 0.2) is 0 Å². The third-order valence-electron chi connectivity index (χ3n) is 2.21. The third kappa shape index (κ3) is 9.96. The molecule has 0 aromatic rings. The summed E-state index contributed by atoms with van der Waals surface area (Å²) in [5, 5.41) is 3.35. The van der Waals surface area contributed by atoms with Crippen LogP contribution >= 0.6 is 0 Å². The average molecular weight is 173 g/mol. The van der Waals surface area contributed by atoms with Crippen LogP contribution in [0.1, 0.15) is 60.2 Å². The van der Waals surface area contributed by atoms with Gasteiger partial charge in [0.15, 0.2) is 0 Å². The summed E-state index contributed by atoms with van der Waals surface area (Å²) in [6.07, 6.45) is 9.88. The molecule has 0 aliphatic heterocycles. The Morgan fingerprint density at radius 3 is 2.00 bits per heavy atom. The van der Waals surface area contributed by atoms with E-state index in [9.17, 15) is 0 Å². The number of hydrogen-bond acceptors (Lipinski definition) is 1. The van der Waals surface area contributed by atoms with Crippen LogP contribution in [-0.4, -0.2) is 13.1 Å². The van der Waals surface area contributed by atoms with Crippen molar-refractivity contribution in [2.24, 2.45) is 0 Å². The van der Waals surface area contributed by atoms with Gasteiger partial charge in [0, 0.05) is 1.43 Å². The van der Waals surface area contributed by atoms with E-state index >= 15 is 0 Å². The molecule has 0 spiro atoms. The van der Waals surface area contributed by atoms with E-state index in [1.54, 1.807) is 0 Å². The van der Waals surface area contributed by atoms with Crippen LogP contribution in [0, 0.1) is 0 Å². The molecule has 0 saturated carbocycles. The van der Waals surface area contributed by atoms with E-state index in [1.807, 2.05) is 0 Å². The summed E-state index contributed by atoms with van der Waals surface area (Å²) >= 11 is 0. The number of rotatable bonds is 9. The van der Waals surface area contributed by atoms with Gasteiger partial charge in [-0.1, -0.05) is 52.4 Å². The lowest BCUT2D eigenvalue weighted by Crippen LogP contribution is -2.13. The van der Waals surface area contributed by atoms with Gasteiger partial charge in [0.25, 0.3) is 0 Å². The number of hydrogen-bond donors (Lipinski definition) is 1. The second-order valence-corrected chi connectivity index (χ2v) is 3.47. The molecule has 0 heterocycles. The van der Waals surface area contributed by atoms with Gasteiger partial charge >= 0.3 is 0 Å². The van der Waals surface area contributed by atoms with Gasteiger partial charge in [-0.2, -0.15) is 0 Å². The van der Waals surface area contributed by atoms with Gasteiger partial charge in [-0.05, 0) is 19.5 Å². The highest BCUT2D eigenvalue weighted by Crippen LogP contribution is 2.05. The molecule has 76 valence electrons. The van der Waals surface area contributed by atoms with E-state index in [1.165, 1.54) is 51.5 Å². The average Bonchev–Trinajstić information content (AvgIpc) is 2.10. The van der Waals surface area contributed by atoms with Crippen LogP contribution in [0.25, 0.3) is 0 Å². The second kappa shape index (κ2) is 11.0. The van der Waals surface area contributed by atoms with Crippen molar-refractivity contribution >= 4 is 0 Å². The van der Waals surface area contributed by atoms with E-state index in [4.69, 9.17) is 0 Å². The van der Waals surface area contributed by atoms with Gasteiger partial charge in [0.1, 0.15) is 0 Å². The summed E-state index contributed by atoms with van der Waals surface area (Å²) in [6.45, 7) is 6.77. The van der Waals surface area contributed by atoms with Crippen molar-refractivity contribution in [3.63, 3.8) is 0 Å². The topological polar surface area (TPSA) is 12.0 Å². The summed E-state index contributed by atoms with van der Waals surface area (Å²) < 4.78 is 0. The molecule has 1 nitrogen and oxygen atoms in total. The van der Waals surface area contributed by atoms with Crippen LogP contribution in [0.3, 0.4) is 0 Å². The molecule has 0 bridgehead atoms. The highest BCUT2D eigenvalue weighted by Gasteiger charge is 1.89. The molecule has 0 aromatic carbocycles. The molecule has 12 heavy (non-hydrogen) atoms. The summed E-state index contributed by atoms with van der Waals surface area (Å²) in [7, 11) is 0. The minimum Gasteiger partial charge on any atom is -0.317 e. The Balaban J connectivity index is 0. The molecule has 1 N–H and O–H groups in total. The number of nitrogens with one attached hydrogen (secondary N) is 1. The van der Waals surface area contributed by atoms with E-state index in [-0.39, 0.29) is 1.43 Å². The first-order valence-electron chi connectivity index (χ1n) is 5.62. The molecule has 0 aliphatic carbocycles. The van der Waals surface area contributed by atoms with Crippen molar-refractivity contribution < 1.29 is 1.43 Å². The maximum Gasteiger partial charge on any atom is 0 e. The fourth-order valence-corrected chi connectivity index (χ4v) is 1.38. The lowest BCUT2D eigenvalue weighted by Gasteiger charge is -2.01. The lowest BCUT2D eigenvalue weighted by molar-refractivity contribution is 0.569. The quantitative estimate of drug-likeness (QED) is 0.525. The van der Waals surface area contributed by atoms with Crippen molar-refractivity contribution in [2.45, 2.75) is 58.8 Å². The molecule has 0 amide bonds. The number of unbranched alkanes of at least 4 members (excludes halogenated alkanes) is 6. The van der Waals surface area contributed by atoms with Crippen LogP contribution in [0.5, 0.6) is 0 Å². The summed E-state index contributed by atoms with van der Waals surface area (Å²) in [6, 6.07) is 0. The van der Waals surface area contributed by atoms with Gasteiger partial charge in [-0.3, -0.25) is 0 Å². The Morgan fingerprint density at radius 1 is 0.833 bits per heavy atom. The zero-order chi connectivity index (χ0) is 9.07. The van der Waals surface area contributed by atoms with Gasteiger partial charge < -0.3 is 5.32 Å². The highest BCUT2D eigenvalue weighted by atomic mass is 14.8. The molecule has 0 atom stereocenters. The minimum absolute atomic E-state index is 0. The van der Waals surface area contributed by atoms with Crippen molar-refractivity contribution in [1.82, 2.24) is 5.32 Å². The molecule has 0 rings (SSSR count). The Kier molecular flexibility index (Phi) is 10.9.